The zero-order valence-electron chi connectivity index (χ0n) is 15.0. The smallest absolute Gasteiger partial charge is 0.250 e. The number of rotatable bonds is 5. The van der Waals surface area contributed by atoms with Gasteiger partial charge in [-0.25, -0.2) is 12.8 Å². The van der Waals surface area contributed by atoms with E-state index in [4.69, 9.17) is 11.6 Å². The van der Waals surface area contributed by atoms with Gasteiger partial charge in [-0.05, 0) is 42.7 Å². The number of nitrogens with zero attached hydrogens (tertiary/aromatic N) is 2. The van der Waals surface area contributed by atoms with Crippen LogP contribution in [0.25, 0.3) is 0 Å². The molecule has 27 heavy (non-hydrogen) atoms. The molecular formula is C19H20ClFN2O3S. The summed E-state index contributed by atoms with van der Waals surface area (Å²) in [6, 6.07) is 10.3. The first-order valence-electron chi connectivity index (χ1n) is 8.57. The number of hydrogen-bond acceptors (Lipinski definition) is 3. The Morgan fingerprint density at radius 3 is 2.63 bits per heavy atom. The zero-order valence-corrected chi connectivity index (χ0v) is 16.6. The summed E-state index contributed by atoms with van der Waals surface area (Å²) >= 11 is 5.84. The van der Waals surface area contributed by atoms with Crippen molar-refractivity contribution in [1.82, 2.24) is 0 Å². The third-order valence-corrected chi connectivity index (χ3v) is 6.09. The molecule has 3 rings (SSSR count). The van der Waals surface area contributed by atoms with Gasteiger partial charge in [0.15, 0.2) is 0 Å². The largest absolute Gasteiger partial charge is 0.310 e. The van der Waals surface area contributed by atoms with Crippen LogP contribution in [0.5, 0.6) is 0 Å². The summed E-state index contributed by atoms with van der Waals surface area (Å²) in [6.45, 7) is 2.24. The molecule has 0 fully saturated rings. The van der Waals surface area contributed by atoms with E-state index in [9.17, 15) is 17.6 Å². The summed E-state index contributed by atoms with van der Waals surface area (Å²) in [6.07, 6.45) is 2.01. The Labute approximate surface area is 163 Å². The average molecular weight is 411 g/mol. The van der Waals surface area contributed by atoms with E-state index < -0.39 is 21.9 Å². The minimum Gasteiger partial charge on any atom is -0.310 e. The SMILES string of the molecule is CC[C@H](C(=O)N1CCc2ccccc21)N(c1ccc(F)c(Cl)c1)S(C)(=O)=O. The van der Waals surface area contributed by atoms with Gasteiger partial charge in [-0.15, -0.1) is 0 Å². The summed E-state index contributed by atoms with van der Waals surface area (Å²) in [4.78, 5) is 14.9. The molecular weight excluding hydrogens is 391 g/mol. The van der Waals surface area contributed by atoms with Gasteiger partial charge >= 0.3 is 0 Å². The summed E-state index contributed by atoms with van der Waals surface area (Å²) in [5.41, 5.74) is 2.01. The molecule has 144 valence electrons. The zero-order chi connectivity index (χ0) is 19.8. The highest BCUT2D eigenvalue weighted by atomic mass is 35.5. The van der Waals surface area contributed by atoms with Crippen molar-refractivity contribution in [2.24, 2.45) is 0 Å². The first-order valence-corrected chi connectivity index (χ1v) is 10.8. The van der Waals surface area contributed by atoms with E-state index >= 15 is 0 Å². The van der Waals surface area contributed by atoms with Crippen molar-refractivity contribution in [3.63, 3.8) is 0 Å². The molecule has 1 atom stereocenters. The van der Waals surface area contributed by atoms with Crippen molar-refractivity contribution >= 4 is 38.9 Å². The van der Waals surface area contributed by atoms with Crippen LogP contribution in [-0.4, -0.2) is 33.2 Å². The van der Waals surface area contributed by atoms with Crippen molar-refractivity contribution in [2.45, 2.75) is 25.8 Å². The van der Waals surface area contributed by atoms with Crippen LogP contribution in [0.15, 0.2) is 42.5 Å². The van der Waals surface area contributed by atoms with E-state index in [1.54, 1.807) is 11.8 Å². The van der Waals surface area contributed by atoms with E-state index in [-0.39, 0.29) is 23.0 Å². The van der Waals surface area contributed by atoms with Crippen LogP contribution >= 0.6 is 11.6 Å². The second kappa shape index (κ2) is 7.48. The standard InChI is InChI=1S/C19H20ClFN2O3S/c1-3-17(19(24)22-11-10-13-6-4-5-7-18(13)22)23(27(2,25)26)14-8-9-16(21)15(20)12-14/h4-9,12,17H,3,10-11H2,1-2H3/t17-/m1/s1. The predicted molar refractivity (Wildman–Crippen MR) is 105 cm³/mol. The number of halogens is 2. The maximum absolute atomic E-state index is 13.5. The molecule has 1 amide bonds. The third-order valence-electron chi connectivity index (χ3n) is 4.62. The highest BCUT2D eigenvalue weighted by Gasteiger charge is 2.36. The van der Waals surface area contributed by atoms with Gasteiger partial charge in [-0.3, -0.25) is 9.10 Å². The fraction of sp³-hybridized carbons (Fsp3) is 0.316. The third kappa shape index (κ3) is 3.80. The molecule has 2 aromatic rings. The first-order chi connectivity index (χ1) is 12.7. The summed E-state index contributed by atoms with van der Waals surface area (Å²) < 4.78 is 39.6. The Morgan fingerprint density at radius 1 is 1.30 bits per heavy atom. The summed E-state index contributed by atoms with van der Waals surface area (Å²) in [7, 11) is -3.81. The molecule has 0 saturated carbocycles. The number of anilines is 2. The first kappa shape index (κ1) is 19.6. The van der Waals surface area contributed by atoms with Crippen LogP contribution in [0.4, 0.5) is 15.8 Å². The van der Waals surface area contributed by atoms with Gasteiger partial charge in [0.25, 0.3) is 5.91 Å². The number of benzene rings is 2. The second-order valence-corrected chi connectivity index (χ2v) is 8.72. The predicted octanol–water partition coefficient (Wildman–Crippen LogP) is 3.61. The Hall–Kier alpha value is -2.12. The fourth-order valence-electron chi connectivity index (χ4n) is 3.41. The molecule has 1 heterocycles. The monoisotopic (exact) mass is 410 g/mol. The average Bonchev–Trinajstić information content (AvgIpc) is 3.04. The molecule has 1 aliphatic rings. The van der Waals surface area contributed by atoms with Crippen LogP contribution in [0.2, 0.25) is 5.02 Å². The lowest BCUT2D eigenvalue weighted by Crippen LogP contribution is -2.50. The van der Waals surface area contributed by atoms with Gasteiger partial charge in [-0.2, -0.15) is 0 Å². The van der Waals surface area contributed by atoms with Crippen molar-refractivity contribution in [1.29, 1.82) is 0 Å². The van der Waals surface area contributed by atoms with E-state index in [0.29, 0.717) is 6.54 Å². The number of amides is 1. The highest BCUT2D eigenvalue weighted by Crippen LogP contribution is 2.32. The van der Waals surface area contributed by atoms with Gasteiger partial charge in [0, 0.05) is 12.2 Å². The van der Waals surface area contributed by atoms with Crippen molar-refractivity contribution in [2.75, 3.05) is 22.0 Å². The van der Waals surface area contributed by atoms with Crippen molar-refractivity contribution < 1.29 is 17.6 Å². The fourth-order valence-corrected chi connectivity index (χ4v) is 4.79. The van der Waals surface area contributed by atoms with Gasteiger partial charge < -0.3 is 4.90 Å². The molecule has 1 aliphatic heterocycles. The van der Waals surface area contributed by atoms with Crippen LogP contribution in [0.1, 0.15) is 18.9 Å². The molecule has 0 aliphatic carbocycles. The topological polar surface area (TPSA) is 57.7 Å². The van der Waals surface area contributed by atoms with E-state index in [1.807, 2.05) is 24.3 Å². The second-order valence-electron chi connectivity index (χ2n) is 6.45. The molecule has 0 saturated heterocycles. The number of carbonyl (C=O) groups excluding carboxylic acids is 1. The molecule has 2 aromatic carbocycles. The number of sulfonamides is 1. The van der Waals surface area contributed by atoms with Crippen LogP contribution in [-0.2, 0) is 21.2 Å². The quantitative estimate of drug-likeness (QED) is 0.756. The minimum absolute atomic E-state index is 0.164. The summed E-state index contributed by atoms with van der Waals surface area (Å²) in [5.74, 6) is -0.963. The van der Waals surface area contributed by atoms with Gasteiger partial charge in [0.05, 0.1) is 17.0 Å². The maximum Gasteiger partial charge on any atom is 0.250 e. The van der Waals surface area contributed by atoms with Crippen LogP contribution in [0, 0.1) is 5.82 Å². The molecule has 8 heteroatoms. The Morgan fingerprint density at radius 2 is 2.00 bits per heavy atom. The molecule has 5 nitrogen and oxygen atoms in total. The highest BCUT2D eigenvalue weighted by molar-refractivity contribution is 7.92. The minimum atomic E-state index is -3.81. The summed E-state index contributed by atoms with van der Waals surface area (Å²) in [5, 5.41) is -0.199. The lowest BCUT2D eigenvalue weighted by molar-refractivity contribution is -0.119. The van der Waals surface area contributed by atoms with Crippen molar-refractivity contribution in [3.05, 3.63) is 58.9 Å². The molecule has 0 aromatic heterocycles. The molecule has 0 unspecified atom stereocenters. The van der Waals surface area contributed by atoms with E-state index in [2.05, 4.69) is 0 Å². The normalized spacial score (nSPS) is 14.7. The molecule has 0 spiro atoms. The molecule has 0 N–H and O–H groups in total. The van der Waals surface area contributed by atoms with Crippen LogP contribution in [0.3, 0.4) is 0 Å². The molecule has 0 radical (unpaired) electrons. The maximum atomic E-state index is 13.5. The van der Waals surface area contributed by atoms with Gasteiger partial charge in [0.2, 0.25) is 10.0 Å². The molecule has 0 bridgehead atoms. The van der Waals surface area contributed by atoms with Gasteiger partial charge in [0.1, 0.15) is 11.9 Å². The Kier molecular flexibility index (Phi) is 5.44. The lowest BCUT2D eigenvalue weighted by Gasteiger charge is -2.33. The van der Waals surface area contributed by atoms with E-state index in [0.717, 1.165) is 34.3 Å². The van der Waals surface area contributed by atoms with E-state index in [1.165, 1.54) is 12.1 Å². The number of carbonyl (C=O) groups is 1. The Balaban J connectivity index is 2.02. The van der Waals surface area contributed by atoms with Gasteiger partial charge in [-0.1, -0.05) is 36.7 Å². The van der Waals surface area contributed by atoms with Crippen LogP contribution < -0.4 is 9.21 Å². The lowest BCUT2D eigenvalue weighted by atomic mass is 10.1. The number of hydrogen-bond donors (Lipinski definition) is 0. The number of para-hydroxylation sites is 1. The Bertz CT molecular complexity index is 981. The van der Waals surface area contributed by atoms with Crippen molar-refractivity contribution in [3.8, 4) is 0 Å². The number of fused-ring (bicyclic) bond motifs is 1.